The first-order valence-corrected chi connectivity index (χ1v) is 6.21. The summed E-state index contributed by atoms with van der Waals surface area (Å²) in [5.74, 6) is 1.59. The van der Waals surface area contributed by atoms with E-state index in [0.717, 1.165) is 22.5 Å². The molecule has 1 aliphatic heterocycles. The molecular formula is C10H14BrN5O. The number of aromatic nitrogens is 2. The lowest BCUT2D eigenvalue weighted by Crippen LogP contribution is -2.42. The Labute approximate surface area is 108 Å². The van der Waals surface area contributed by atoms with Crippen LogP contribution in [0.25, 0.3) is 0 Å². The molecule has 3 N–H and O–H groups in total. The highest BCUT2D eigenvalue weighted by Gasteiger charge is 2.19. The molecule has 0 spiro atoms. The van der Waals surface area contributed by atoms with Crippen molar-refractivity contribution in [2.24, 2.45) is 0 Å². The quantitative estimate of drug-likeness (QED) is 0.775. The second-order valence-corrected chi connectivity index (χ2v) is 4.61. The largest absolute Gasteiger partial charge is 0.372 e. The van der Waals surface area contributed by atoms with Crippen molar-refractivity contribution in [1.29, 1.82) is 0 Å². The van der Waals surface area contributed by atoms with Crippen molar-refractivity contribution in [3.8, 4) is 0 Å². The van der Waals surface area contributed by atoms with Crippen molar-refractivity contribution >= 4 is 33.5 Å². The van der Waals surface area contributed by atoms with E-state index in [-0.39, 0.29) is 11.9 Å². The molecule has 1 aromatic rings. The number of piperidine rings is 1. The van der Waals surface area contributed by atoms with Gasteiger partial charge in [-0.1, -0.05) is 0 Å². The predicted molar refractivity (Wildman–Crippen MR) is 68.9 cm³/mol. The van der Waals surface area contributed by atoms with E-state index in [0.29, 0.717) is 13.0 Å². The van der Waals surface area contributed by atoms with E-state index < -0.39 is 0 Å². The fourth-order valence-corrected chi connectivity index (χ4v) is 2.21. The summed E-state index contributed by atoms with van der Waals surface area (Å²) in [6, 6.07) is 0.212. The molecular weight excluding hydrogens is 286 g/mol. The van der Waals surface area contributed by atoms with Crippen LogP contribution in [-0.4, -0.2) is 35.5 Å². The van der Waals surface area contributed by atoms with Gasteiger partial charge in [0.1, 0.15) is 22.4 Å². The lowest BCUT2D eigenvalue weighted by Gasteiger charge is -2.24. The third-order valence-corrected chi connectivity index (χ3v) is 3.38. The van der Waals surface area contributed by atoms with Gasteiger partial charge in [-0.2, -0.15) is 0 Å². The van der Waals surface area contributed by atoms with Gasteiger partial charge in [-0.05, 0) is 22.4 Å². The number of nitrogens with zero attached hydrogens (tertiary/aromatic N) is 2. The molecule has 0 aliphatic carbocycles. The fourth-order valence-electron chi connectivity index (χ4n) is 1.69. The summed E-state index contributed by atoms with van der Waals surface area (Å²) in [7, 11) is 1.80. The zero-order chi connectivity index (χ0) is 12.3. The van der Waals surface area contributed by atoms with Gasteiger partial charge in [-0.3, -0.25) is 4.79 Å². The number of carbonyl (C=O) groups is 1. The summed E-state index contributed by atoms with van der Waals surface area (Å²) < 4.78 is 0.805. The zero-order valence-corrected chi connectivity index (χ0v) is 11.0. The monoisotopic (exact) mass is 299 g/mol. The Morgan fingerprint density at radius 1 is 1.47 bits per heavy atom. The SMILES string of the molecule is CNc1ncnc(NC2CCC(=O)NC2)c1Br. The number of anilines is 2. The maximum atomic E-state index is 11.0. The topological polar surface area (TPSA) is 78.9 Å². The van der Waals surface area contributed by atoms with Crippen molar-refractivity contribution < 1.29 is 4.79 Å². The lowest BCUT2D eigenvalue weighted by molar-refractivity contribution is -0.122. The first-order valence-electron chi connectivity index (χ1n) is 5.42. The van der Waals surface area contributed by atoms with Crippen LogP contribution < -0.4 is 16.0 Å². The van der Waals surface area contributed by atoms with Crippen LogP contribution in [0.4, 0.5) is 11.6 Å². The molecule has 0 saturated carbocycles. The Hall–Kier alpha value is -1.37. The minimum Gasteiger partial charge on any atom is -0.372 e. The molecule has 1 fully saturated rings. The van der Waals surface area contributed by atoms with Gasteiger partial charge in [-0.15, -0.1) is 0 Å². The van der Waals surface area contributed by atoms with Gasteiger partial charge in [0.05, 0.1) is 0 Å². The molecule has 0 bridgehead atoms. The third-order valence-electron chi connectivity index (χ3n) is 2.63. The van der Waals surface area contributed by atoms with E-state index in [1.807, 2.05) is 0 Å². The highest BCUT2D eigenvalue weighted by molar-refractivity contribution is 9.10. The maximum Gasteiger partial charge on any atom is 0.220 e. The number of rotatable bonds is 3. The van der Waals surface area contributed by atoms with Crippen molar-refractivity contribution in [3.05, 3.63) is 10.8 Å². The summed E-state index contributed by atoms with van der Waals surface area (Å²) in [6.45, 7) is 0.629. The Morgan fingerprint density at radius 2 is 2.24 bits per heavy atom. The van der Waals surface area contributed by atoms with Crippen molar-refractivity contribution in [1.82, 2.24) is 15.3 Å². The number of nitrogens with one attached hydrogen (secondary N) is 3. The zero-order valence-electron chi connectivity index (χ0n) is 9.46. The number of carbonyl (C=O) groups excluding carboxylic acids is 1. The van der Waals surface area contributed by atoms with Crippen LogP contribution in [0.15, 0.2) is 10.8 Å². The van der Waals surface area contributed by atoms with E-state index in [4.69, 9.17) is 0 Å². The second kappa shape index (κ2) is 5.31. The Bertz CT molecular complexity index is 415. The Kier molecular flexibility index (Phi) is 3.78. The highest BCUT2D eigenvalue weighted by Crippen LogP contribution is 2.27. The Balaban J connectivity index is 2.06. The van der Waals surface area contributed by atoms with E-state index in [1.54, 1.807) is 7.05 Å². The molecule has 1 aromatic heterocycles. The number of hydrogen-bond acceptors (Lipinski definition) is 5. The van der Waals surface area contributed by atoms with Crippen LogP contribution in [0.1, 0.15) is 12.8 Å². The van der Waals surface area contributed by atoms with Crippen molar-refractivity contribution in [2.45, 2.75) is 18.9 Å². The second-order valence-electron chi connectivity index (χ2n) is 3.82. The number of amides is 1. The minimum atomic E-state index is 0.112. The first kappa shape index (κ1) is 12.1. The molecule has 2 rings (SSSR count). The van der Waals surface area contributed by atoms with Crippen LogP contribution in [0.5, 0.6) is 0 Å². The highest BCUT2D eigenvalue weighted by atomic mass is 79.9. The third kappa shape index (κ3) is 2.85. The molecule has 17 heavy (non-hydrogen) atoms. The van der Waals surface area contributed by atoms with Crippen LogP contribution in [-0.2, 0) is 4.79 Å². The van der Waals surface area contributed by atoms with E-state index in [2.05, 4.69) is 41.8 Å². The van der Waals surface area contributed by atoms with Gasteiger partial charge in [0.2, 0.25) is 5.91 Å². The van der Waals surface area contributed by atoms with Crippen molar-refractivity contribution in [3.63, 3.8) is 0 Å². The molecule has 1 unspecified atom stereocenters. The van der Waals surface area contributed by atoms with E-state index >= 15 is 0 Å². The average Bonchev–Trinajstić information content (AvgIpc) is 2.35. The fraction of sp³-hybridized carbons (Fsp3) is 0.500. The molecule has 92 valence electrons. The standard InChI is InChI=1S/C10H14BrN5O/c1-12-9-8(11)10(15-5-14-9)16-6-2-3-7(17)13-4-6/h5-6H,2-4H2,1H3,(H,13,17)(H2,12,14,15,16). The summed E-state index contributed by atoms with van der Waals surface area (Å²) in [6.07, 6.45) is 2.87. The average molecular weight is 300 g/mol. The smallest absolute Gasteiger partial charge is 0.220 e. The van der Waals surface area contributed by atoms with Crippen LogP contribution in [0, 0.1) is 0 Å². The molecule has 0 aromatic carbocycles. The van der Waals surface area contributed by atoms with E-state index in [9.17, 15) is 4.79 Å². The molecule has 0 radical (unpaired) electrons. The molecule has 6 nitrogen and oxygen atoms in total. The molecule has 7 heteroatoms. The van der Waals surface area contributed by atoms with Crippen LogP contribution >= 0.6 is 15.9 Å². The summed E-state index contributed by atoms with van der Waals surface area (Å²) in [4.78, 5) is 19.3. The molecule has 1 saturated heterocycles. The minimum absolute atomic E-state index is 0.112. The Morgan fingerprint density at radius 3 is 2.88 bits per heavy atom. The van der Waals surface area contributed by atoms with Gasteiger partial charge < -0.3 is 16.0 Å². The van der Waals surface area contributed by atoms with Crippen LogP contribution in [0.2, 0.25) is 0 Å². The summed E-state index contributed by atoms with van der Waals surface area (Å²) >= 11 is 3.44. The first-order chi connectivity index (χ1) is 8.20. The normalized spacial score (nSPS) is 19.6. The summed E-state index contributed by atoms with van der Waals surface area (Å²) in [5, 5.41) is 9.09. The van der Waals surface area contributed by atoms with Gasteiger partial charge in [-0.25, -0.2) is 9.97 Å². The van der Waals surface area contributed by atoms with Crippen LogP contribution in [0.3, 0.4) is 0 Å². The predicted octanol–water partition coefficient (Wildman–Crippen LogP) is 0.971. The summed E-state index contributed by atoms with van der Waals surface area (Å²) in [5.41, 5.74) is 0. The molecule has 2 heterocycles. The van der Waals surface area contributed by atoms with Gasteiger partial charge in [0, 0.05) is 26.1 Å². The van der Waals surface area contributed by atoms with Crippen molar-refractivity contribution in [2.75, 3.05) is 24.2 Å². The number of halogens is 1. The van der Waals surface area contributed by atoms with Gasteiger partial charge >= 0.3 is 0 Å². The molecule has 1 amide bonds. The van der Waals surface area contributed by atoms with Gasteiger partial charge in [0.15, 0.2) is 0 Å². The maximum absolute atomic E-state index is 11.0. The lowest BCUT2D eigenvalue weighted by atomic mass is 10.1. The number of hydrogen-bond donors (Lipinski definition) is 3. The molecule has 1 atom stereocenters. The molecule has 1 aliphatic rings. The van der Waals surface area contributed by atoms with Gasteiger partial charge in [0.25, 0.3) is 0 Å². The van der Waals surface area contributed by atoms with E-state index in [1.165, 1.54) is 6.33 Å².